The van der Waals surface area contributed by atoms with Crippen LogP contribution in [0.2, 0.25) is 0 Å². The number of benzene rings is 2. The Hall–Kier alpha value is -3.58. The molecule has 2 heterocycles. The minimum atomic E-state index is -0.726. The first-order valence-corrected chi connectivity index (χ1v) is 13.3. The van der Waals surface area contributed by atoms with E-state index in [-0.39, 0.29) is 12.4 Å². The van der Waals surface area contributed by atoms with Gasteiger partial charge in [-0.05, 0) is 82.1 Å². The summed E-state index contributed by atoms with van der Waals surface area (Å²) in [7, 11) is 2.01. The lowest BCUT2D eigenvalue weighted by Crippen LogP contribution is -2.40. The molecule has 0 fully saturated rings. The highest BCUT2D eigenvalue weighted by Gasteiger charge is 2.44. The van der Waals surface area contributed by atoms with Crippen molar-refractivity contribution in [2.24, 2.45) is 0 Å². The van der Waals surface area contributed by atoms with E-state index in [2.05, 4.69) is 36.2 Å². The molecular weight excluding hydrogens is 480 g/mol. The molecule has 0 aromatic heterocycles. The largest absolute Gasteiger partial charge is 0.508 e. The molecule has 202 valence electrons. The average Bonchev–Trinajstić information content (AvgIpc) is 2.82. The minimum Gasteiger partial charge on any atom is -0.508 e. The number of ether oxygens (including phenoxy) is 2. The maximum absolute atomic E-state index is 13.8. The number of phenols is 1. The van der Waals surface area contributed by atoms with Gasteiger partial charge in [-0.1, -0.05) is 36.8 Å². The number of likely N-dealkylation sites (N-methyl/N-ethyl adjacent to an activating group) is 1. The van der Waals surface area contributed by atoms with E-state index in [4.69, 9.17) is 9.47 Å². The Labute approximate surface area is 225 Å². The standard InChI is InChI=1S/C31H38N2O5/c1-7-12-33(6)17-24-29(30(35)37-8-2)27(21-10-9-11-22(34)15-21)28-23(32-24)16-25(38-31(28)36)26-19(4)13-18(3)14-20(26)5/h9-11,13-15,25,27,32,34H,7-8,12,16-17H2,1-6H3. The summed E-state index contributed by atoms with van der Waals surface area (Å²) >= 11 is 0. The lowest BCUT2D eigenvalue weighted by atomic mass is 9.77. The number of nitrogens with zero attached hydrogens (tertiary/aromatic N) is 1. The van der Waals surface area contributed by atoms with E-state index in [0.717, 1.165) is 40.9 Å². The zero-order valence-corrected chi connectivity index (χ0v) is 23.2. The average molecular weight is 519 g/mol. The molecular formula is C31H38N2O5. The number of carbonyl (C=O) groups is 2. The summed E-state index contributed by atoms with van der Waals surface area (Å²) < 4.78 is 11.6. The van der Waals surface area contributed by atoms with Crippen LogP contribution < -0.4 is 5.32 Å². The number of hydrogen-bond donors (Lipinski definition) is 2. The van der Waals surface area contributed by atoms with Crippen LogP contribution in [0.25, 0.3) is 0 Å². The number of esters is 2. The van der Waals surface area contributed by atoms with Gasteiger partial charge in [0, 0.05) is 24.4 Å². The third kappa shape index (κ3) is 5.48. The number of rotatable bonds is 8. The number of carbonyl (C=O) groups excluding carboxylic acids is 2. The summed E-state index contributed by atoms with van der Waals surface area (Å²) in [6.45, 7) is 11.5. The molecule has 4 rings (SSSR count). The lowest BCUT2D eigenvalue weighted by Gasteiger charge is -2.38. The highest BCUT2D eigenvalue weighted by molar-refractivity contribution is 6.00. The van der Waals surface area contributed by atoms with Gasteiger partial charge in [0.05, 0.1) is 23.7 Å². The maximum Gasteiger partial charge on any atom is 0.337 e. The van der Waals surface area contributed by atoms with Crippen molar-refractivity contribution < 1.29 is 24.2 Å². The van der Waals surface area contributed by atoms with Crippen molar-refractivity contribution in [2.75, 3.05) is 26.7 Å². The van der Waals surface area contributed by atoms with Crippen LogP contribution in [0.5, 0.6) is 5.75 Å². The fourth-order valence-electron chi connectivity index (χ4n) is 5.83. The molecule has 0 radical (unpaired) electrons. The van der Waals surface area contributed by atoms with Crippen LogP contribution in [0, 0.1) is 20.8 Å². The van der Waals surface area contributed by atoms with Crippen molar-refractivity contribution in [1.82, 2.24) is 10.2 Å². The Bertz CT molecular complexity index is 1290. The van der Waals surface area contributed by atoms with E-state index < -0.39 is 24.0 Å². The first-order valence-electron chi connectivity index (χ1n) is 13.3. The zero-order valence-electron chi connectivity index (χ0n) is 23.2. The molecule has 2 aliphatic rings. The SMILES string of the molecule is CCCN(C)CC1=C(C(=O)OCC)C(c2cccc(O)c2)C2=C(CC(c3c(C)cc(C)cc3C)OC2=O)N1. The number of hydrogen-bond acceptors (Lipinski definition) is 7. The lowest BCUT2D eigenvalue weighted by molar-refractivity contribution is -0.147. The van der Waals surface area contributed by atoms with Crippen molar-refractivity contribution in [3.63, 3.8) is 0 Å². The van der Waals surface area contributed by atoms with Crippen LogP contribution >= 0.6 is 0 Å². The summed E-state index contributed by atoms with van der Waals surface area (Å²) in [6.07, 6.45) is 0.971. The summed E-state index contributed by atoms with van der Waals surface area (Å²) in [4.78, 5) is 29.3. The van der Waals surface area contributed by atoms with Crippen LogP contribution in [-0.2, 0) is 19.1 Å². The van der Waals surface area contributed by atoms with Crippen molar-refractivity contribution in [3.8, 4) is 5.75 Å². The van der Waals surface area contributed by atoms with E-state index in [9.17, 15) is 14.7 Å². The topological polar surface area (TPSA) is 88.1 Å². The first kappa shape index (κ1) is 27.5. The van der Waals surface area contributed by atoms with Crippen LogP contribution in [0.3, 0.4) is 0 Å². The summed E-state index contributed by atoms with van der Waals surface area (Å²) in [5.41, 5.74) is 7.17. The van der Waals surface area contributed by atoms with Gasteiger partial charge in [0.2, 0.25) is 0 Å². The molecule has 7 heteroatoms. The highest BCUT2D eigenvalue weighted by Crippen LogP contribution is 2.46. The Morgan fingerprint density at radius 3 is 2.50 bits per heavy atom. The molecule has 0 bridgehead atoms. The van der Waals surface area contributed by atoms with Crippen molar-refractivity contribution in [2.45, 2.75) is 59.5 Å². The van der Waals surface area contributed by atoms with Gasteiger partial charge in [0.15, 0.2) is 0 Å². The predicted molar refractivity (Wildman–Crippen MR) is 147 cm³/mol. The van der Waals surface area contributed by atoms with Gasteiger partial charge in [-0.2, -0.15) is 0 Å². The molecule has 0 saturated heterocycles. The van der Waals surface area contributed by atoms with Crippen LogP contribution in [0.1, 0.15) is 66.5 Å². The molecule has 0 aliphatic carbocycles. The molecule has 2 unspecified atom stereocenters. The van der Waals surface area contributed by atoms with E-state index in [0.29, 0.717) is 35.4 Å². The second-order valence-corrected chi connectivity index (χ2v) is 10.3. The van der Waals surface area contributed by atoms with Gasteiger partial charge in [-0.15, -0.1) is 0 Å². The zero-order chi connectivity index (χ0) is 27.6. The predicted octanol–water partition coefficient (Wildman–Crippen LogP) is 5.11. The summed E-state index contributed by atoms with van der Waals surface area (Å²) in [6, 6.07) is 10.9. The normalized spacial score (nSPS) is 19.3. The van der Waals surface area contributed by atoms with Crippen LogP contribution in [-0.4, -0.2) is 48.7 Å². The minimum absolute atomic E-state index is 0.0593. The van der Waals surface area contributed by atoms with Crippen molar-refractivity contribution in [3.05, 3.63) is 86.8 Å². The third-order valence-electron chi connectivity index (χ3n) is 7.18. The number of dihydropyridines is 1. The number of aryl methyl sites for hydroxylation is 3. The maximum atomic E-state index is 13.8. The number of phenolic OH excluding ortho intramolecular Hbond substituents is 1. The van der Waals surface area contributed by atoms with Gasteiger partial charge in [0.1, 0.15) is 11.9 Å². The molecule has 0 spiro atoms. The third-order valence-corrected chi connectivity index (χ3v) is 7.18. The Morgan fingerprint density at radius 2 is 1.87 bits per heavy atom. The van der Waals surface area contributed by atoms with Crippen molar-refractivity contribution >= 4 is 11.9 Å². The Kier molecular flexibility index (Phi) is 8.26. The second kappa shape index (κ2) is 11.4. The Balaban J connectivity index is 1.87. The van der Waals surface area contributed by atoms with Crippen LogP contribution in [0.4, 0.5) is 0 Å². The molecule has 38 heavy (non-hydrogen) atoms. The molecule has 0 amide bonds. The molecule has 2 aromatic rings. The van der Waals surface area contributed by atoms with E-state index in [1.807, 2.05) is 27.0 Å². The fourth-order valence-corrected chi connectivity index (χ4v) is 5.83. The van der Waals surface area contributed by atoms with Gasteiger partial charge in [0.25, 0.3) is 0 Å². The number of cyclic esters (lactones) is 1. The van der Waals surface area contributed by atoms with E-state index >= 15 is 0 Å². The summed E-state index contributed by atoms with van der Waals surface area (Å²) in [5.74, 6) is -1.63. The van der Waals surface area contributed by atoms with Gasteiger partial charge < -0.3 is 24.8 Å². The first-order chi connectivity index (χ1) is 18.1. The highest BCUT2D eigenvalue weighted by atomic mass is 16.5. The molecule has 7 nitrogen and oxygen atoms in total. The van der Waals surface area contributed by atoms with Crippen molar-refractivity contribution in [1.29, 1.82) is 0 Å². The Morgan fingerprint density at radius 1 is 1.16 bits per heavy atom. The summed E-state index contributed by atoms with van der Waals surface area (Å²) in [5, 5.41) is 13.8. The second-order valence-electron chi connectivity index (χ2n) is 10.3. The van der Waals surface area contributed by atoms with E-state index in [1.54, 1.807) is 25.1 Å². The molecule has 2 aliphatic heterocycles. The fraction of sp³-hybridized carbons (Fsp3) is 0.419. The van der Waals surface area contributed by atoms with Crippen LogP contribution in [0.15, 0.2) is 58.9 Å². The number of aromatic hydroxyl groups is 1. The monoisotopic (exact) mass is 518 g/mol. The number of nitrogens with one attached hydrogen (secondary N) is 1. The quantitative estimate of drug-likeness (QED) is 0.470. The molecule has 2 N–H and O–H groups in total. The smallest absolute Gasteiger partial charge is 0.337 e. The van der Waals surface area contributed by atoms with Gasteiger partial charge >= 0.3 is 11.9 Å². The van der Waals surface area contributed by atoms with Gasteiger partial charge in [-0.3, -0.25) is 0 Å². The van der Waals surface area contributed by atoms with Gasteiger partial charge in [-0.25, -0.2) is 9.59 Å². The van der Waals surface area contributed by atoms with E-state index in [1.165, 1.54) is 0 Å². The molecule has 2 atom stereocenters. The molecule has 2 aromatic carbocycles. The molecule has 0 saturated carbocycles.